The van der Waals surface area contributed by atoms with E-state index in [0.717, 1.165) is 18.7 Å². The number of hydrogen-bond donors (Lipinski definition) is 2. The Bertz CT molecular complexity index is 413. The molecule has 1 aromatic rings. The van der Waals surface area contributed by atoms with E-state index in [-0.39, 0.29) is 5.92 Å². The summed E-state index contributed by atoms with van der Waals surface area (Å²) in [7, 11) is 0. The minimum Gasteiger partial charge on any atom is -0.480 e. The topological polar surface area (TPSA) is 75.1 Å². The van der Waals surface area contributed by atoms with Crippen molar-refractivity contribution < 1.29 is 9.90 Å². The predicted molar refractivity (Wildman–Crippen MR) is 71.0 cm³/mol. The largest absolute Gasteiger partial charge is 0.480 e. The third kappa shape index (κ3) is 2.98. The van der Waals surface area contributed by atoms with Crippen molar-refractivity contribution >= 4 is 22.6 Å². The van der Waals surface area contributed by atoms with Crippen molar-refractivity contribution in [1.29, 1.82) is 0 Å². The highest BCUT2D eigenvalue weighted by Crippen LogP contribution is 2.33. The Kier molecular flexibility index (Phi) is 4.16. The van der Waals surface area contributed by atoms with Crippen molar-refractivity contribution in [2.45, 2.75) is 51.5 Å². The summed E-state index contributed by atoms with van der Waals surface area (Å²) in [5.74, 6) is 0.524. The first-order valence-electron chi connectivity index (χ1n) is 6.41. The van der Waals surface area contributed by atoms with E-state index in [9.17, 15) is 4.79 Å². The highest BCUT2D eigenvalue weighted by molar-refractivity contribution is 7.09. The van der Waals surface area contributed by atoms with Gasteiger partial charge in [0, 0.05) is 17.5 Å². The zero-order valence-corrected chi connectivity index (χ0v) is 11.5. The molecule has 2 rings (SSSR count). The van der Waals surface area contributed by atoms with Gasteiger partial charge in [0.2, 0.25) is 5.13 Å². The van der Waals surface area contributed by atoms with Crippen LogP contribution in [-0.2, 0) is 4.79 Å². The third-order valence-corrected chi connectivity index (χ3v) is 4.03. The molecule has 0 unspecified atom stereocenters. The molecule has 1 aliphatic rings. The molecule has 18 heavy (non-hydrogen) atoms. The quantitative estimate of drug-likeness (QED) is 0.859. The van der Waals surface area contributed by atoms with Crippen LogP contribution >= 0.6 is 11.5 Å². The molecule has 100 valence electrons. The average Bonchev–Trinajstić information content (AvgIpc) is 2.95. The lowest BCUT2D eigenvalue weighted by atomic mass is 10.1. The average molecular weight is 269 g/mol. The fourth-order valence-electron chi connectivity index (χ4n) is 2.29. The third-order valence-electron chi connectivity index (χ3n) is 3.37. The van der Waals surface area contributed by atoms with Gasteiger partial charge in [-0.05, 0) is 18.8 Å². The molecule has 1 aromatic heterocycles. The van der Waals surface area contributed by atoms with Gasteiger partial charge in [-0.3, -0.25) is 0 Å². The Balaban J connectivity index is 2.03. The Morgan fingerprint density at radius 1 is 1.44 bits per heavy atom. The first kappa shape index (κ1) is 13.3. The lowest BCUT2D eigenvalue weighted by Crippen LogP contribution is -2.34. The fourth-order valence-corrected chi connectivity index (χ4v) is 2.97. The summed E-state index contributed by atoms with van der Waals surface area (Å²) in [6.45, 7) is 3.76. The Morgan fingerprint density at radius 3 is 2.67 bits per heavy atom. The van der Waals surface area contributed by atoms with Gasteiger partial charge >= 0.3 is 5.97 Å². The highest BCUT2D eigenvalue weighted by atomic mass is 32.1. The van der Waals surface area contributed by atoms with E-state index in [1.807, 2.05) is 13.8 Å². The fraction of sp³-hybridized carbons (Fsp3) is 0.750. The van der Waals surface area contributed by atoms with E-state index in [4.69, 9.17) is 5.11 Å². The summed E-state index contributed by atoms with van der Waals surface area (Å²) >= 11 is 1.26. The van der Waals surface area contributed by atoms with Gasteiger partial charge < -0.3 is 10.4 Å². The maximum absolute atomic E-state index is 11.1. The van der Waals surface area contributed by atoms with Crippen molar-refractivity contribution in [2.24, 2.45) is 5.92 Å². The van der Waals surface area contributed by atoms with Gasteiger partial charge in [0.25, 0.3) is 0 Å². The number of carbonyl (C=O) groups is 1. The number of carboxylic acid groups (broad SMARTS) is 1. The summed E-state index contributed by atoms with van der Waals surface area (Å²) in [5.41, 5.74) is 0. The van der Waals surface area contributed by atoms with Crippen molar-refractivity contribution in [3.63, 3.8) is 0 Å². The number of nitrogens with zero attached hydrogens (tertiary/aromatic N) is 2. The number of aromatic nitrogens is 2. The molecular weight excluding hydrogens is 250 g/mol. The first-order valence-corrected chi connectivity index (χ1v) is 7.18. The maximum atomic E-state index is 11.1. The van der Waals surface area contributed by atoms with Crippen LogP contribution in [0.5, 0.6) is 0 Å². The van der Waals surface area contributed by atoms with Crippen molar-refractivity contribution in [3.8, 4) is 0 Å². The maximum Gasteiger partial charge on any atom is 0.326 e. The van der Waals surface area contributed by atoms with Crippen LogP contribution < -0.4 is 5.32 Å². The summed E-state index contributed by atoms with van der Waals surface area (Å²) in [5, 5.41) is 12.7. The monoisotopic (exact) mass is 269 g/mol. The zero-order valence-electron chi connectivity index (χ0n) is 10.7. The molecule has 0 amide bonds. The summed E-state index contributed by atoms with van der Waals surface area (Å²) in [4.78, 5) is 15.5. The molecule has 1 heterocycles. The van der Waals surface area contributed by atoms with Gasteiger partial charge in [-0.15, -0.1) is 0 Å². The molecule has 0 radical (unpaired) electrons. The second kappa shape index (κ2) is 5.65. The summed E-state index contributed by atoms with van der Waals surface area (Å²) < 4.78 is 4.35. The van der Waals surface area contributed by atoms with E-state index in [1.54, 1.807) is 0 Å². The van der Waals surface area contributed by atoms with E-state index < -0.39 is 12.0 Å². The number of carboxylic acids is 1. The molecule has 0 aliphatic heterocycles. The molecule has 0 saturated heterocycles. The standard InChI is InChI=1S/C12H19N3O2S/c1-7(2)9(11(16)17)13-12-14-10(15-18-12)8-5-3-4-6-8/h7-9H,3-6H2,1-2H3,(H,16,17)(H,13,14,15)/t9-/m0/s1. The van der Waals surface area contributed by atoms with Crippen LogP contribution in [0.3, 0.4) is 0 Å². The number of anilines is 1. The van der Waals surface area contributed by atoms with Crippen LogP contribution in [0.15, 0.2) is 0 Å². The number of aliphatic carboxylic acids is 1. The lowest BCUT2D eigenvalue weighted by Gasteiger charge is -2.16. The minimum atomic E-state index is -0.845. The summed E-state index contributed by atoms with van der Waals surface area (Å²) in [6.07, 6.45) is 4.80. The van der Waals surface area contributed by atoms with Crippen LogP contribution in [-0.4, -0.2) is 26.5 Å². The molecular formula is C12H19N3O2S. The van der Waals surface area contributed by atoms with Crippen molar-refractivity contribution in [1.82, 2.24) is 9.36 Å². The smallest absolute Gasteiger partial charge is 0.326 e. The predicted octanol–water partition coefficient (Wildman–Crippen LogP) is 2.72. The van der Waals surface area contributed by atoms with E-state index in [1.165, 1.54) is 24.4 Å². The Hall–Kier alpha value is -1.17. The molecule has 1 atom stereocenters. The van der Waals surface area contributed by atoms with Gasteiger partial charge in [-0.2, -0.15) is 4.37 Å². The number of nitrogens with one attached hydrogen (secondary N) is 1. The number of hydrogen-bond acceptors (Lipinski definition) is 5. The molecule has 1 aliphatic carbocycles. The number of rotatable bonds is 5. The van der Waals surface area contributed by atoms with Gasteiger partial charge in [-0.25, -0.2) is 9.78 Å². The second-order valence-electron chi connectivity index (χ2n) is 5.14. The van der Waals surface area contributed by atoms with E-state index in [2.05, 4.69) is 14.7 Å². The Labute approximate surface area is 111 Å². The summed E-state index contributed by atoms with van der Waals surface area (Å²) in [6, 6.07) is -0.602. The van der Waals surface area contributed by atoms with Gasteiger partial charge in [0.05, 0.1) is 0 Å². The van der Waals surface area contributed by atoms with Crippen LogP contribution in [0.2, 0.25) is 0 Å². The molecule has 5 nitrogen and oxygen atoms in total. The van der Waals surface area contributed by atoms with Gasteiger partial charge in [0.1, 0.15) is 11.9 Å². The minimum absolute atomic E-state index is 0.0151. The Morgan fingerprint density at radius 2 is 2.11 bits per heavy atom. The van der Waals surface area contributed by atoms with E-state index in [0.29, 0.717) is 11.0 Å². The lowest BCUT2D eigenvalue weighted by molar-refractivity contribution is -0.138. The van der Waals surface area contributed by atoms with Crippen LogP contribution in [0.1, 0.15) is 51.3 Å². The van der Waals surface area contributed by atoms with Crippen molar-refractivity contribution in [2.75, 3.05) is 5.32 Å². The van der Waals surface area contributed by atoms with E-state index >= 15 is 0 Å². The zero-order chi connectivity index (χ0) is 13.1. The van der Waals surface area contributed by atoms with Crippen LogP contribution in [0.4, 0.5) is 5.13 Å². The molecule has 1 saturated carbocycles. The van der Waals surface area contributed by atoms with Crippen LogP contribution in [0, 0.1) is 5.92 Å². The second-order valence-corrected chi connectivity index (χ2v) is 5.90. The van der Waals surface area contributed by atoms with Crippen molar-refractivity contribution in [3.05, 3.63) is 5.82 Å². The first-order chi connectivity index (χ1) is 8.58. The SMILES string of the molecule is CC(C)[C@H](Nc1nc(C2CCCC2)ns1)C(=O)O. The van der Waals surface area contributed by atoms with Gasteiger partial charge in [-0.1, -0.05) is 26.7 Å². The molecule has 0 aromatic carbocycles. The molecule has 6 heteroatoms. The van der Waals surface area contributed by atoms with Gasteiger partial charge in [0.15, 0.2) is 0 Å². The molecule has 2 N–H and O–H groups in total. The molecule has 0 bridgehead atoms. The molecule has 1 fully saturated rings. The normalized spacial score (nSPS) is 18.2. The molecule has 0 spiro atoms. The highest BCUT2D eigenvalue weighted by Gasteiger charge is 2.25. The van der Waals surface area contributed by atoms with Crippen LogP contribution in [0.25, 0.3) is 0 Å².